The van der Waals surface area contributed by atoms with Crippen molar-refractivity contribution >= 4 is 27.5 Å². The van der Waals surface area contributed by atoms with Crippen molar-refractivity contribution in [2.24, 2.45) is 0 Å². The predicted molar refractivity (Wildman–Crippen MR) is 102 cm³/mol. The van der Waals surface area contributed by atoms with E-state index in [1.54, 1.807) is 32.4 Å². The largest absolute Gasteiger partial charge is 0.497 e. The number of carbonyl (C=O) groups excluding carboxylic acids is 1. The Hall–Kier alpha value is -2.21. The Labute approximate surface area is 156 Å². The molecule has 0 unspecified atom stereocenters. The monoisotopic (exact) mass is 407 g/mol. The average Bonchev–Trinajstić information content (AvgIpc) is 2.60. The van der Waals surface area contributed by atoms with Crippen LogP contribution in [-0.4, -0.2) is 26.7 Å². The van der Waals surface area contributed by atoms with E-state index in [2.05, 4.69) is 35.1 Å². The molecule has 0 radical (unpaired) electrons. The van der Waals surface area contributed by atoms with E-state index in [9.17, 15) is 4.79 Å². The fourth-order valence-corrected chi connectivity index (χ4v) is 2.72. The van der Waals surface area contributed by atoms with Gasteiger partial charge in [0.2, 0.25) is 0 Å². The second-order valence-electron chi connectivity index (χ2n) is 5.78. The number of ether oxygens (including phenoxy) is 3. The topological polar surface area (TPSA) is 56.8 Å². The molecule has 0 saturated carbocycles. The van der Waals surface area contributed by atoms with Crippen molar-refractivity contribution in [2.45, 2.75) is 19.8 Å². The maximum Gasteiger partial charge on any atom is 0.262 e. The van der Waals surface area contributed by atoms with E-state index in [0.717, 1.165) is 4.47 Å². The van der Waals surface area contributed by atoms with Crippen LogP contribution in [-0.2, 0) is 4.79 Å². The first-order valence-corrected chi connectivity index (χ1v) is 8.67. The summed E-state index contributed by atoms with van der Waals surface area (Å²) in [7, 11) is 3.11. The number of anilines is 1. The first-order valence-electron chi connectivity index (χ1n) is 7.88. The van der Waals surface area contributed by atoms with Crippen LogP contribution in [0.2, 0.25) is 0 Å². The van der Waals surface area contributed by atoms with Crippen molar-refractivity contribution in [1.82, 2.24) is 0 Å². The number of rotatable bonds is 7. The van der Waals surface area contributed by atoms with E-state index in [1.807, 2.05) is 18.2 Å². The summed E-state index contributed by atoms with van der Waals surface area (Å²) in [6.45, 7) is 4.15. The highest BCUT2D eigenvalue weighted by Crippen LogP contribution is 2.29. The van der Waals surface area contributed by atoms with E-state index in [4.69, 9.17) is 14.2 Å². The predicted octanol–water partition coefficient (Wildman–Crippen LogP) is 4.61. The van der Waals surface area contributed by atoms with Gasteiger partial charge in [-0.2, -0.15) is 0 Å². The minimum Gasteiger partial charge on any atom is -0.497 e. The van der Waals surface area contributed by atoms with E-state index in [1.165, 1.54) is 5.56 Å². The molecule has 0 bridgehead atoms. The smallest absolute Gasteiger partial charge is 0.262 e. The second kappa shape index (κ2) is 8.76. The summed E-state index contributed by atoms with van der Waals surface area (Å²) in [4.78, 5) is 12.1. The molecule has 0 aromatic heterocycles. The molecular weight excluding hydrogens is 386 g/mol. The summed E-state index contributed by atoms with van der Waals surface area (Å²) in [5.41, 5.74) is 1.78. The zero-order valence-corrected chi connectivity index (χ0v) is 16.3. The Bertz CT molecular complexity index is 724. The first kappa shape index (κ1) is 19.1. The highest BCUT2D eigenvalue weighted by atomic mass is 79.9. The average molecular weight is 408 g/mol. The molecule has 0 heterocycles. The van der Waals surface area contributed by atoms with Crippen molar-refractivity contribution in [3.05, 3.63) is 46.4 Å². The van der Waals surface area contributed by atoms with Crippen molar-refractivity contribution in [3.63, 3.8) is 0 Å². The van der Waals surface area contributed by atoms with Gasteiger partial charge < -0.3 is 19.5 Å². The van der Waals surface area contributed by atoms with Crippen LogP contribution in [0.15, 0.2) is 40.9 Å². The quantitative estimate of drug-likeness (QED) is 0.727. The number of nitrogens with one attached hydrogen (secondary N) is 1. The summed E-state index contributed by atoms with van der Waals surface area (Å²) in [5.74, 6) is 1.99. The van der Waals surface area contributed by atoms with E-state index >= 15 is 0 Å². The molecule has 6 heteroatoms. The van der Waals surface area contributed by atoms with Gasteiger partial charge in [0.1, 0.15) is 17.2 Å². The van der Waals surface area contributed by atoms with Gasteiger partial charge in [0.25, 0.3) is 5.91 Å². The molecule has 0 saturated heterocycles. The highest BCUT2D eigenvalue weighted by molar-refractivity contribution is 9.10. The lowest BCUT2D eigenvalue weighted by Crippen LogP contribution is -2.20. The van der Waals surface area contributed by atoms with Crippen LogP contribution < -0.4 is 19.5 Å². The maximum atomic E-state index is 12.1. The summed E-state index contributed by atoms with van der Waals surface area (Å²) in [5, 5.41) is 2.77. The van der Waals surface area contributed by atoms with Gasteiger partial charge in [-0.25, -0.2) is 0 Å². The Morgan fingerprint density at radius 1 is 1.08 bits per heavy atom. The summed E-state index contributed by atoms with van der Waals surface area (Å²) in [6.07, 6.45) is 0. The van der Waals surface area contributed by atoms with Crippen LogP contribution >= 0.6 is 15.9 Å². The fraction of sp³-hybridized carbons (Fsp3) is 0.316. The van der Waals surface area contributed by atoms with Gasteiger partial charge in [0, 0.05) is 23.9 Å². The maximum absolute atomic E-state index is 12.1. The zero-order chi connectivity index (χ0) is 18.4. The number of halogens is 1. The van der Waals surface area contributed by atoms with Crippen molar-refractivity contribution in [3.8, 4) is 17.2 Å². The number of amides is 1. The number of hydrogen-bond donors (Lipinski definition) is 1. The molecule has 0 atom stereocenters. The van der Waals surface area contributed by atoms with Gasteiger partial charge >= 0.3 is 0 Å². The second-order valence-corrected chi connectivity index (χ2v) is 6.64. The molecule has 2 aromatic rings. The molecule has 0 aliphatic rings. The van der Waals surface area contributed by atoms with Gasteiger partial charge in [-0.1, -0.05) is 19.9 Å². The lowest BCUT2D eigenvalue weighted by molar-refractivity contribution is -0.118. The summed E-state index contributed by atoms with van der Waals surface area (Å²) < 4.78 is 16.8. The van der Waals surface area contributed by atoms with E-state index in [-0.39, 0.29) is 12.5 Å². The molecular formula is C19H22BrNO4. The molecule has 5 nitrogen and oxygen atoms in total. The first-order chi connectivity index (χ1) is 11.9. The van der Waals surface area contributed by atoms with Crippen LogP contribution in [0.5, 0.6) is 17.2 Å². The third kappa shape index (κ3) is 5.39. The van der Waals surface area contributed by atoms with Gasteiger partial charge in [-0.3, -0.25) is 4.79 Å². The minimum atomic E-state index is -0.268. The lowest BCUT2D eigenvalue weighted by atomic mass is 10.0. The van der Waals surface area contributed by atoms with Crippen LogP contribution in [0, 0.1) is 0 Å². The molecule has 2 rings (SSSR count). The number of hydrogen-bond acceptors (Lipinski definition) is 4. The molecule has 0 aliphatic carbocycles. The normalized spacial score (nSPS) is 10.5. The molecule has 0 fully saturated rings. The van der Waals surface area contributed by atoms with Gasteiger partial charge in [-0.05, 0) is 39.5 Å². The number of carbonyl (C=O) groups is 1. The standard InChI is InChI=1S/C19H22BrNO4/c1-12(2)13-5-6-18(17(20)7-13)25-11-19(22)21-14-8-15(23-3)10-16(9-14)24-4/h5-10,12H,11H2,1-4H3,(H,21,22). The number of methoxy groups -OCH3 is 2. The fourth-order valence-electron chi connectivity index (χ4n) is 2.21. The molecule has 1 N–H and O–H groups in total. The summed E-state index contributed by atoms with van der Waals surface area (Å²) in [6, 6.07) is 11.0. The number of benzene rings is 2. The van der Waals surface area contributed by atoms with Crippen molar-refractivity contribution < 1.29 is 19.0 Å². The third-order valence-electron chi connectivity index (χ3n) is 3.62. The minimum absolute atomic E-state index is 0.0981. The van der Waals surface area contributed by atoms with Crippen LogP contribution in [0.1, 0.15) is 25.3 Å². The molecule has 25 heavy (non-hydrogen) atoms. The van der Waals surface area contributed by atoms with Crippen molar-refractivity contribution in [2.75, 3.05) is 26.1 Å². The molecule has 2 aromatic carbocycles. The van der Waals surface area contributed by atoms with Gasteiger partial charge in [0.15, 0.2) is 6.61 Å². The Morgan fingerprint density at radius 2 is 1.72 bits per heavy atom. The Balaban J connectivity index is 1.99. The Morgan fingerprint density at radius 3 is 2.24 bits per heavy atom. The SMILES string of the molecule is COc1cc(NC(=O)COc2ccc(C(C)C)cc2Br)cc(OC)c1. The van der Waals surface area contributed by atoms with Gasteiger partial charge in [0.05, 0.1) is 18.7 Å². The third-order valence-corrected chi connectivity index (χ3v) is 4.24. The lowest BCUT2D eigenvalue weighted by Gasteiger charge is -2.12. The van der Waals surface area contributed by atoms with Crippen LogP contribution in [0.4, 0.5) is 5.69 Å². The molecule has 134 valence electrons. The molecule has 1 amide bonds. The Kier molecular flexibility index (Phi) is 6.70. The molecule has 0 aliphatic heterocycles. The van der Waals surface area contributed by atoms with E-state index < -0.39 is 0 Å². The van der Waals surface area contributed by atoms with E-state index in [0.29, 0.717) is 28.9 Å². The molecule has 0 spiro atoms. The highest BCUT2D eigenvalue weighted by Gasteiger charge is 2.10. The van der Waals surface area contributed by atoms with Crippen LogP contribution in [0.25, 0.3) is 0 Å². The van der Waals surface area contributed by atoms with Crippen molar-refractivity contribution in [1.29, 1.82) is 0 Å². The van der Waals surface area contributed by atoms with Crippen LogP contribution in [0.3, 0.4) is 0 Å². The van der Waals surface area contributed by atoms with Gasteiger partial charge in [-0.15, -0.1) is 0 Å². The summed E-state index contributed by atoms with van der Waals surface area (Å²) >= 11 is 3.48. The zero-order valence-electron chi connectivity index (χ0n) is 14.8.